The van der Waals surface area contributed by atoms with Crippen LogP contribution in [0.5, 0.6) is 0 Å². The Morgan fingerprint density at radius 2 is 1.97 bits per heavy atom. The molecule has 1 aromatic carbocycles. The number of carbonyl (C=O) groups excluding carboxylic acids is 2. The van der Waals surface area contributed by atoms with Gasteiger partial charge in [-0.05, 0) is 51.8 Å². The van der Waals surface area contributed by atoms with Gasteiger partial charge in [0.2, 0.25) is 0 Å². The SMILES string of the molecule is CCN(C(=O)C(C)OC(=O)c1cccc(S(=O)(=O)Nc2cc(C)on2)c1)C1CCCCC1. The third-order valence-electron chi connectivity index (χ3n) is 5.52. The molecule has 3 rings (SSSR count). The van der Waals surface area contributed by atoms with Crippen LogP contribution in [0.2, 0.25) is 0 Å². The number of esters is 1. The number of likely N-dealkylation sites (N-methyl/N-ethyl adjacent to an activating group) is 1. The summed E-state index contributed by atoms with van der Waals surface area (Å²) in [5.41, 5.74) is 0.0320. The van der Waals surface area contributed by atoms with Crippen molar-refractivity contribution in [1.29, 1.82) is 0 Å². The number of sulfonamides is 1. The summed E-state index contributed by atoms with van der Waals surface area (Å²) >= 11 is 0. The van der Waals surface area contributed by atoms with E-state index in [1.54, 1.807) is 18.7 Å². The second-order valence-corrected chi connectivity index (χ2v) is 9.60. The number of amides is 1. The molecule has 1 N–H and O–H groups in total. The molecular formula is C22H29N3O6S. The molecule has 1 fully saturated rings. The number of ether oxygens (including phenoxy) is 1. The van der Waals surface area contributed by atoms with Crippen LogP contribution in [0.25, 0.3) is 0 Å². The van der Waals surface area contributed by atoms with Crippen LogP contribution in [0.3, 0.4) is 0 Å². The number of carbonyl (C=O) groups is 2. The van der Waals surface area contributed by atoms with E-state index in [1.807, 2.05) is 6.92 Å². The van der Waals surface area contributed by atoms with Crippen molar-refractivity contribution in [2.75, 3.05) is 11.3 Å². The van der Waals surface area contributed by atoms with E-state index < -0.39 is 22.1 Å². The molecule has 32 heavy (non-hydrogen) atoms. The second-order valence-electron chi connectivity index (χ2n) is 7.92. The molecule has 1 amide bonds. The third-order valence-corrected chi connectivity index (χ3v) is 6.87. The predicted octanol–water partition coefficient (Wildman–Crippen LogP) is 3.51. The van der Waals surface area contributed by atoms with Crippen LogP contribution < -0.4 is 4.72 Å². The highest BCUT2D eigenvalue weighted by molar-refractivity contribution is 7.92. The van der Waals surface area contributed by atoms with E-state index >= 15 is 0 Å². The fourth-order valence-corrected chi connectivity index (χ4v) is 4.93. The van der Waals surface area contributed by atoms with Crippen molar-refractivity contribution in [2.24, 2.45) is 0 Å². The molecule has 0 saturated heterocycles. The Labute approximate surface area is 188 Å². The van der Waals surface area contributed by atoms with Gasteiger partial charge >= 0.3 is 5.97 Å². The minimum absolute atomic E-state index is 0.0320. The average molecular weight is 464 g/mol. The quantitative estimate of drug-likeness (QED) is 0.595. The van der Waals surface area contributed by atoms with E-state index in [2.05, 4.69) is 9.88 Å². The standard InChI is InChI=1S/C22H29N3O6S/c1-4-25(18-10-6-5-7-11-18)21(26)16(3)30-22(27)17-9-8-12-19(14-17)32(28,29)24-20-13-15(2)31-23-20/h8-9,12-14,16,18H,4-7,10-11H2,1-3H3,(H,23,24). The highest BCUT2D eigenvalue weighted by Gasteiger charge is 2.30. The number of aromatic nitrogens is 1. The predicted molar refractivity (Wildman–Crippen MR) is 118 cm³/mol. The Bertz CT molecular complexity index is 1060. The summed E-state index contributed by atoms with van der Waals surface area (Å²) in [6, 6.07) is 7.04. The number of hydrogen-bond donors (Lipinski definition) is 1. The van der Waals surface area contributed by atoms with Gasteiger partial charge in [-0.1, -0.05) is 30.5 Å². The Hall–Kier alpha value is -2.88. The van der Waals surface area contributed by atoms with Crippen LogP contribution >= 0.6 is 0 Å². The van der Waals surface area contributed by atoms with Crippen molar-refractivity contribution < 1.29 is 27.3 Å². The summed E-state index contributed by atoms with van der Waals surface area (Å²) < 4.78 is 37.8. The molecule has 1 atom stereocenters. The van der Waals surface area contributed by atoms with Crippen LogP contribution in [0.15, 0.2) is 39.8 Å². The summed E-state index contributed by atoms with van der Waals surface area (Å²) in [6.45, 7) is 5.64. The first-order chi connectivity index (χ1) is 15.2. The zero-order valence-corrected chi connectivity index (χ0v) is 19.4. The van der Waals surface area contributed by atoms with Gasteiger partial charge in [0, 0.05) is 18.7 Å². The normalized spacial score (nSPS) is 15.7. The summed E-state index contributed by atoms with van der Waals surface area (Å²) in [5, 5.41) is 3.61. The molecule has 174 valence electrons. The summed E-state index contributed by atoms with van der Waals surface area (Å²) in [6.07, 6.45) is 4.30. The van der Waals surface area contributed by atoms with Crippen LogP contribution in [0, 0.1) is 6.92 Å². The number of aryl methyl sites for hydroxylation is 1. The maximum atomic E-state index is 12.9. The van der Waals surface area contributed by atoms with Crippen molar-refractivity contribution in [2.45, 2.75) is 69.9 Å². The topological polar surface area (TPSA) is 119 Å². The van der Waals surface area contributed by atoms with Crippen molar-refractivity contribution in [3.63, 3.8) is 0 Å². The summed E-state index contributed by atoms with van der Waals surface area (Å²) in [7, 11) is -3.99. The number of nitrogens with one attached hydrogen (secondary N) is 1. The molecule has 1 aliphatic carbocycles. The summed E-state index contributed by atoms with van der Waals surface area (Å²) in [5.74, 6) is -0.510. The van der Waals surface area contributed by atoms with E-state index in [0.29, 0.717) is 12.3 Å². The van der Waals surface area contributed by atoms with Gasteiger partial charge in [0.05, 0.1) is 10.5 Å². The molecule has 0 radical (unpaired) electrons. The van der Waals surface area contributed by atoms with Crippen LogP contribution in [0.1, 0.15) is 62.1 Å². The van der Waals surface area contributed by atoms with Crippen LogP contribution in [-0.4, -0.2) is 49.0 Å². The van der Waals surface area contributed by atoms with Gasteiger partial charge in [0.25, 0.3) is 15.9 Å². The molecule has 1 aromatic heterocycles. The molecule has 1 saturated carbocycles. The highest BCUT2D eigenvalue weighted by atomic mass is 32.2. The smallest absolute Gasteiger partial charge is 0.338 e. The molecule has 10 heteroatoms. The average Bonchev–Trinajstić information content (AvgIpc) is 3.18. The van der Waals surface area contributed by atoms with Gasteiger partial charge in [-0.3, -0.25) is 9.52 Å². The Morgan fingerprint density at radius 1 is 1.25 bits per heavy atom. The maximum Gasteiger partial charge on any atom is 0.338 e. The van der Waals surface area contributed by atoms with Crippen molar-refractivity contribution in [3.8, 4) is 0 Å². The minimum Gasteiger partial charge on any atom is -0.449 e. The molecule has 1 aliphatic rings. The third kappa shape index (κ3) is 5.67. The molecule has 0 bridgehead atoms. The van der Waals surface area contributed by atoms with E-state index in [4.69, 9.17) is 9.26 Å². The highest BCUT2D eigenvalue weighted by Crippen LogP contribution is 2.24. The van der Waals surface area contributed by atoms with Crippen molar-refractivity contribution in [1.82, 2.24) is 10.1 Å². The first-order valence-electron chi connectivity index (χ1n) is 10.8. The monoisotopic (exact) mass is 463 g/mol. The number of nitrogens with zero attached hydrogens (tertiary/aromatic N) is 2. The van der Waals surface area contributed by atoms with Crippen LogP contribution in [0.4, 0.5) is 5.82 Å². The molecule has 0 spiro atoms. The van der Waals surface area contributed by atoms with Gasteiger partial charge in [0.1, 0.15) is 5.76 Å². The first-order valence-corrected chi connectivity index (χ1v) is 12.3. The molecule has 1 unspecified atom stereocenters. The largest absolute Gasteiger partial charge is 0.449 e. The molecule has 0 aliphatic heterocycles. The van der Waals surface area contributed by atoms with Gasteiger partial charge in [0.15, 0.2) is 11.9 Å². The van der Waals surface area contributed by atoms with E-state index in [-0.39, 0.29) is 28.2 Å². The van der Waals surface area contributed by atoms with Gasteiger partial charge < -0.3 is 14.2 Å². The lowest BCUT2D eigenvalue weighted by molar-refractivity contribution is -0.142. The number of hydrogen-bond acceptors (Lipinski definition) is 7. The molecule has 9 nitrogen and oxygen atoms in total. The van der Waals surface area contributed by atoms with E-state index in [0.717, 1.165) is 25.7 Å². The van der Waals surface area contributed by atoms with Crippen molar-refractivity contribution in [3.05, 3.63) is 41.7 Å². The fourth-order valence-electron chi connectivity index (χ4n) is 3.90. The fraction of sp³-hybridized carbons (Fsp3) is 0.500. The zero-order valence-electron chi connectivity index (χ0n) is 18.5. The Kier molecular flexibility index (Phi) is 7.55. The van der Waals surface area contributed by atoms with E-state index in [9.17, 15) is 18.0 Å². The van der Waals surface area contributed by atoms with Crippen molar-refractivity contribution >= 4 is 27.7 Å². The number of anilines is 1. The lowest BCUT2D eigenvalue weighted by Gasteiger charge is -2.35. The van der Waals surface area contributed by atoms with E-state index in [1.165, 1.54) is 36.8 Å². The molecular weight excluding hydrogens is 434 g/mol. The van der Waals surface area contributed by atoms with Crippen LogP contribution in [-0.2, 0) is 19.6 Å². The zero-order chi connectivity index (χ0) is 23.3. The maximum absolute atomic E-state index is 12.9. The molecule has 2 aromatic rings. The number of rotatable bonds is 8. The second kappa shape index (κ2) is 10.2. The Balaban J connectivity index is 1.69. The Morgan fingerprint density at radius 3 is 2.59 bits per heavy atom. The van der Waals surface area contributed by atoms with Gasteiger partial charge in [-0.15, -0.1) is 0 Å². The van der Waals surface area contributed by atoms with Gasteiger partial charge in [-0.25, -0.2) is 13.2 Å². The summed E-state index contributed by atoms with van der Waals surface area (Å²) in [4.78, 5) is 27.2. The van der Waals surface area contributed by atoms with Gasteiger partial charge in [-0.2, -0.15) is 0 Å². The number of benzene rings is 1. The lowest BCUT2D eigenvalue weighted by atomic mass is 9.94. The minimum atomic E-state index is -3.99. The molecule has 1 heterocycles. The lowest BCUT2D eigenvalue weighted by Crippen LogP contribution is -2.46. The first kappa shape index (κ1) is 23.8.